The smallest absolute Gasteiger partial charge is 0.227 e. The average molecular weight is 313 g/mol. The maximum atomic E-state index is 4.56. The van der Waals surface area contributed by atoms with Gasteiger partial charge in [0.05, 0.1) is 0 Å². The first kappa shape index (κ1) is 15.5. The van der Waals surface area contributed by atoms with Crippen molar-refractivity contribution in [2.24, 2.45) is 0 Å². The lowest BCUT2D eigenvalue weighted by Crippen LogP contribution is -2.47. The molecule has 1 N–H and O–H groups in total. The Labute approximate surface area is 136 Å². The Balaban J connectivity index is 1.62. The average Bonchev–Trinajstić information content (AvgIpc) is 2.62. The fourth-order valence-electron chi connectivity index (χ4n) is 2.58. The van der Waals surface area contributed by atoms with Crippen molar-refractivity contribution >= 4 is 17.7 Å². The Bertz CT molecular complexity index is 621. The molecule has 0 spiro atoms. The Morgan fingerprint density at radius 2 is 1.61 bits per heavy atom. The summed E-state index contributed by atoms with van der Waals surface area (Å²) < 4.78 is 0. The first-order valence-corrected chi connectivity index (χ1v) is 8.18. The van der Waals surface area contributed by atoms with E-state index < -0.39 is 0 Å². The van der Waals surface area contributed by atoms with Gasteiger partial charge in [-0.3, -0.25) is 0 Å². The summed E-state index contributed by atoms with van der Waals surface area (Å²) in [5, 5.41) is 3.22. The van der Waals surface area contributed by atoms with Crippen LogP contribution in [-0.4, -0.2) is 52.7 Å². The molecule has 0 saturated carbocycles. The van der Waals surface area contributed by atoms with Crippen molar-refractivity contribution in [1.29, 1.82) is 0 Å². The van der Waals surface area contributed by atoms with Crippen LogP contribution in [0.4, 0.5) is 17.7 Å². The number of hydrogen-bond donors (Lipinski definition) is 1. The lowest BCUT2D eigenvalue weighted by atomic mass is 10.3. The van der Waals surface area contributed by atoms with Crippen LogP contribution >= 0.6 is 0 Å². The molecule has 2 aromatic rings. The molecule has 1 aliphatic heterocycles. The topological polar surface area (TPSA) is 70.1 Å². The van der Waals surface area contributed by atoms with Gasteiger partial charge in [-0.15, -0.1) is 0 Å². The normalized spacial score (nSPS) is 14.9. The van der Waals surface area contributed by atoms with Gasteiger partial charge in [0.15, 0.2) is 0 Å². The zero-order valence-electron chi connectivity index (χ0n) is 13.7. The summed E-state index contributed by atoms with van der Waals surface area (Å²) in [5.74, 6) is 2.47. The van der Waals surface area contributed by atoms with Crippen molar-refractivity contribution in [3.8, 4) is 0 Å². The summed E-state index contributed by atoms with van der Waals surface area (Å²) >= 11 is 0. The standard InChI is InChI=1S/C16H23N7/c1-3-13-11-19-15(20-12-13)22-7-9-23(10-8-22)16-18-6-5-14(21-16)17-4-2/h5-6,11-12H,3-4,7-10H2,1-2H3,(H,17,18,21). The highest BCUT2D eigenvalue weighted by Gasteiger charge is 2.20. The molecular formula is C16H23N7. The van der Waals surface area contributed by atoms with Gasteiger partial charge < -0.3 is 15.1 Å². The molecule has 7 nitrogen and oxygen atoms in total. The van der Waals surface area contributed by atoms with E-state index in [9.17, 15) is 0 Å². The molecule has 1 aliphatic rings. The van der Waals surface area contributed by atoms with Gasteiger partial charge >= 0.3 is 0 Å². The van der Waals surface area contributed by atoms with Gasteiger partial charge in [-0.1, -0.05) is 6.92 Å². The SMILES string of the molecule is CCNc1ccnc(N2CCN(c3ncc(CC)cn3)CC2)n1. The number of anilines is 3. The van der Waals surface area contributed by atoms with Gasteiger partial charge in [0.1, 0.15) is 5.82 Å². The molecule has 0 bridgehead atoms. The molecule has 122 valence electrons. The van der Waals surface area contributed by atoms with Crippen LogP contribution in [0.25, 0.3) is 0 Å². The Morgan fingerprint density at radius 3 is 2.22 bits per heavy atom. The van der Waals surface area contributed by atoms with Crippen molar-refractivity contribution in [2.45, 2.75) is 20.3 Å². The predicted octanol–water partition coefficient (Wildman–Crippen LogP) is 1.59. The van der Waals surface area contributed by atoms with Gasteiger partial charge in [0.25, 0.3) is 0 Å². The quantitative estimate of drug-likeness (QED) is 0.898. The van der Waals surface area contributed by atoms with Crippen molar-refractivity contribution in [2.75, 3.05) is 47.8 Å². The third-order valence-electron chi connectivity index (χ3n) is 3.95. The molecule has 3 heterocycles. The van der Waals surface area contributed by atoms with Gasteiger partial charge in [0, 0.05) is 51.3 Å². The highest BCUT2D eigenvalue weighted by Crippen LogP contribution is 2.16. The molecule has 3 rings (SSSR count). The zero-order valence-corrected chi connectivity index (χ0v) is 13.7. The van der Waals surface area contributed by atoms with Crippen LogP contribution in [-0.2, 0) is 6.42 Å². The molecule has 0 aliphatic carbocycles. The first-order chi connectivity index (χ1) is 11.3. The minimum atomic E-state index is 0.783. The van der Waals surface area contributed by atoms with Crippen LogP contribution in [0.1, 0.15) is 19.4 Å². The fourth-order valence-corrected chi connectivity index (χ4v) is 2.58. The number of nitrogens with one attached hydrogen (secondary N) is 1. The van der Waals surface area contributed by atoms with Crippen molar-refractivity contribution in [3.63, 3.8) is 0 Å². The lowest BCUT2D eigenvalue weighted by Gasteiger charge is -2.34. The Morgan fingerprint density at radius 1 is 0.957 bits per heavy atom. The molecule has 2 aromatic heterocycles. The van der Waals surface area contributed by atoms with E-state index in [0.717, 1.165) is 56.9 Å². The second-order valence-electron chi connectivity index (χ2n) is 5.49. The highest BCUT2D eigenvalue weighted by molar-refractivity contribution is 5.43. The van der Waals surface area contributed by atoms with E-state index in [1.807, 2.05) is 18.5 Å². The van der Waals surface area contributed by atoms with Crippen LogP contribution in [0.15, 0.2) is 24.7 Å². The highest BCUT2D eigenvalue weighted by atomic mass is 15.4. The predicted molar refractivity (Wildman–Crippen MR) is 92.0 cm³/mol. The van der Waals surface area contributed by atoms with Crippen molar-refractivity contribution < 1.29 is 0 Å². The summed E-state index contributed by atoms with van der Waals surface area (Å²) in [5.41, 5.74) is 1.17. The monoisotopic (exact) mass is 313 g/mol. The van der Waals surface area contributed by atoms with E-state index in [1.54, 1.807) is 6.20 Å². The van der Waals surface area contributed by atoms with E-state index in [4.69, 9.17) is 0 Å². The maximum absolute atomic E-state index is 4.56. The summed E-state index contributed by atoms with van der Waals surface area (Å²) in [6.45, 7) is 8.52. The molecule has 0 unspecified atom stereocenters. The van der Waals surface area contributed by atoms with Crippen LogP contribution in [0.3, 0.4) is 0 Å². The number of nitrogens with zero attached hydrogens (tertiary/aromatic N) is 6. The van der Waals surface area contributed by atoms with E-state index in [-0.39, 0.29) is 0 Å². The second kappa shape index (κ2) is 7.21. The molecule has 7 heteroatoms. The van der Waals surface area contributed by atoms with Gasteiger partial charge in [-0.05, 0) is 25.0 Å². The van der Waals surface area contributed by atoms with E-state index in [1.165, 1.54) is 5.56 Å². The molecule has 1 fully saturated rings. The minimum Gasteiger partial charge on any atom is -0.370 e. The maximum Gasteiger partial charge on any atom is 0.227 e. The Hall–Kier alpha value is -2.44. The molecule has 0 radical (unpaired) electrons. The molecular weight excluding hydrogens is 290 g/mol. The number of aryl methyl sites for hydroxylation is 1. The van der Waals surface area contributed by atoms with Crippen molar-refractivity contribution in [3.05, 3.63) is 30.2 Å². The zero-order chi connectivity index (χ0) is 16.1. The van der Waals surface area contributed by atoms with Crippen molar-refractivity contribution in [1.82, 2.24) is 19.9 Å². The fraction of sp³-hybridized carbons (Fsp3) is 0.500. The first-order valence-electron chi connectivity index (χ1n) is 8.18. The molecule has 0 amide bonds. The molecule has 0 atom stereocenters. The number of hydrogen-bond acceptors (Lipinski definition) is 7. The van der Waals surface area contributed by atoms with Gasteiger partial charge in [-0.25, -0.2) is 15.0 Å². The largest absolute Gasteiger partial charge is 0.370 e. The number of piperazine rings is 1. The van der Waals surface area contributed by atoms with Gasteiger partial charge in [0.2, 0.25) is 11.9 Å². The summed E-state index contributed by atoms with van der Waals surface area (Å²) in [6.07, 6.45) is 6.60. The third-order valence-corrected chi connectivity index (χ3v) is 3.95. The number of rotatable bonds is 5. The number of aromatic nitrogens is 4. The second-order valence-corrected chi connectivity index (χ2v) is 5.49. The van der Waals surface area contributed by atoms with Gasteiger partial charge in [-0.2, -0.15) is 4.98 Å². The molecule has 1 saturated heterocycles. The van der Waals surface area contributed by atoms with E-state index in [0.29, 0.717) is 0 Å². The minimum absolute atomic E-state index is 0.783. The van der Waals surface area contributed by atoms with E-state index >= 15 is 0 Å². The van der Waals surface area contributed by atoms with E-state index in [2.05, 4.69) is 48.9 Å². The van der Waals surface area contributed by atoms with Crippen LogP contribution < -0.4 is 15.1 Å². The Kier molecular flexibility index (Phi) is 4.85. The summed E-state index contributed by atoms with van der Waals surface area (Å²) in [6, 6.07) is 1.90. The van der Waals surface area contributed by atoms with Crippen LogP contribution in [0.5, 0.6) is 0 Å². The summed E-state index contributed by atoms with van der Waals surface area (Å²) in [7, 11) is 0. The molecule has 0 aromatic carbocycles. The lowest BCUT2D eigenvalue weighted by molar-refractivity contribution is 0.627. The van der Waals surface area contributed by atoms with Crippen LogP contribution in [0.2, 0.25) is 0 Å². The molecule has 23 heavy (non-hydrogen) atoms. The van der Waals surface area contributed by atoms with Crippen LogP contribution in [0, 0.1) is 0 Å². The summed E-state index contributed by atoms with van der Waals surface area (Å²) in [4.78, 5) is 22.3. The third kappa shape index (κ3) is 3.67.